The second kappa shape index (κ2) is 5.12. The van der Waals surface area contributed by atoms with Gasteiger partial charge in [-0.1, -0.05) is 19.4 Å². The molecule has 0 aliphatic carbocycles. The topological polar surface area (TPSA) is 38.1 Å². The number of hydrogen-bond donors (Lipinski definition) is 1. The molecule has 0 radical (unpaired) electrons. The molecule has 0 saturated heterocycles. The number of nitrogens with zero attached hydrogens (tertiary/aromatic N) is 1. The number of oxazole rings is 1. The van der Waals surface area contributed by atoms with Crippen molar-refractivity contribution >= 4 is 11.1 Å². The summed E-state index contributed by atoms with van der Waals surface area (Å²) in [4.78, 5) is 4.50. The number of rotatable bonds is 5. The zero-order chi connectivity index (χ0) is 11.4. The van der Waals surface area contributed by atoms with Gasteiger partial charge in [0.25, 0.3) is 0 Å². The van der Waals surface area contributed by atoms with Crippen molar-refractivity contribution in [3.63, 3.8) is 0 Å². The highest BCUT2D eigenvalue weighted by Crippen LogP contribution is 2.18. The van der Waals surface area contributed by atoms with Crippen LogP contribution in [0.25, 0.3) is 11.1 Å². The molecule has 3 nitrogen and oxygen atoms in total. The molecule has 0 spiro atoms. The average molecular weight is 218 g/mol. The molecule has 0 fully saturated rings. The third-order valence-corrected chi connectivity index (χ3v) is 2.62. The number of nitrogens with one attached hydrogen (secondary N) is 1. The van der Waals surface area contributed by atoms with E-state index in [4.69, 9.17) is 4.42 Å². The van der Waals surface area contributed by atoms with E-state index in [1.165, 1.54) is 12.0 Å². The van der Waals surface area contributed by atoms with E-state index in [0.717, 1.165) is 36.4 Å². The molecule has 0 aliphatic rings. The van der Waals surface area contributed by atoms with Gasteiger partial charge in [-0.25, -0.2) is 4.98 Å². The molecule has 0 bridgehead atoms. The molecule has 1 heterocycles. The lowest BCUT2D eigenvalue weighted by atomic mass is 10.2. The largest absolute Gasteiger partial charge is 0.441 e. The molecule has 0 atom stereocenters. The predicted octanol–water partition coefficient (Wildman–Crippen LogP) is 2.89. The Morgan fingerprint density at radius 1 is 1.38 bits per heavy atom. The Labute approximate surface area is 95.9 Å². The van der Waals surface area contributed by atoms with Gasteiger partial charge in [-0.3, -0.25) is 0 Å². The number of hydrogen-bond acceptors (Lipinski definition) is 3. The van der Waals surface area contributed by atoms with Crippen LogP contribution in [0.2, 0.25) is 0 Å². The number of benzene rings is 1. The van der Waals surface area contributed by atoms with E-state index >= 15 is 0 Å². The maximum Gasteiger partial charge on any atom is 0.195 e. The Hall–Kier alpha value is -1.35. The van der Waals surface area contributed by atoms with E-state index in [9.17, 15) is 0 Å². The lowest BCUT2D eigenvalue weighted by molar-refractivity contribution is 0.517. The van der Waals surface area contributed by atoms with Crippen LogP contribution in [-0.2, 0) is 13.0 Å². The van der Waals surface area contributed by atoms with Crippen molar-refractivity contribution in [3.05, 3.63) is 29.7 Å². The molecule has 0 saturated carbocycles. The second-order valence-corrected chi connectivity index (χ2v) is 4.04. The summed E-state index contributed by atoms with van der Waals surface area (Å²) in [6.45, 7) is 3.04. The third-order valence-electron chi connectivity index (χ3n) is 2.62. The molecular weight excluding hydrogens is 200 g/mol. The Kier molecular flexibility index (Phi) is 3.57. The minimum absolute atomic E-state index is 0.860. The lowest BCUT2D eigenvalue weighted by Gasteiger charge is -1.97. The summed E-state index contributed by atoms with van der Waals surface area (Å²) in [5, 5.41) is 3.13. The normalized spacial score (nSPS) is 11.1. The van der Waals surface area contributed by atoms with Crippen LogP contribution in [0.15, 0.2) is 22.6 Å². The highest BCUT2D eigenvalue weighted by atomic mass is 16.3. The molecular formula is C13H18N2O. The minimum Gasteiger partial charge on any atom is -0.441 e. The van der Waals surface area contributed by atoms with E-state index in [1.54, 1.807) is 0 Å². The fraction of sp³-hybridized carbons (Fsp3) is 0.462. The first kappa shape index (κ1) is 11.1. The summed E-state index contributed by atoms with van der Waals surface area (Å²) >= 11 is 0. The standard InChI is InChI=1S/C13H18N2O/c1-3-4-5-13-15-11-8-10(9-14-2)6-7-12(11)16-13/h6-8,14H,3-5,9H2,1-2H3. The van der Waals surface area contributed by atoms with E-state index < -0.39 is 0 Å². The molecule has 3 heteroatoms. The monoisotopic (exact) mass is 218 g/mol. The Balaban J connectivity index is 2.23. The summed E-state index contributed by atoms with van der Waals surface area (Å²) in [5.74, 6) is 0.860. The fourth-order valence-electron chi connectivity index (χ4n) is 1.77. The van der Waals surface area contributed by atoms with Crippen LogP contribution in [0, 0.1) is 0 Å². The van der Waals surface area contributed by atoms with Gasteiger partial charge in [0.1, 0.15) is 5.52 Å². The van der Waals surface area contributed by atoms with Crippen molar-refractivity contribution < 1.29 is 4.42 Å². The van der Waals surface area contributed by atoms with Crippen LogP contribution in [-0.4, -0.2) is 12.0 Å². The Morgan fingerprint density at radius 2 is 2.25 bits per heavy atom. The van der Waals surface area contributed by atoms with Gasteiger partial charge in [-0.15, -0.1) is 0 Å². The smallest absolute Gasteiger partial charge is 0.195 e. The highest BCUT2D eigenvalue weighted by molar-refractivity contribution is 5.73. The molecule has 2 rings (SSSR count). The zero-order valence-electron chi connectivity index (χ0n) is 9.92. The highest BCUT2D eigenvalue weighted by Gasteiger charge is 2.05. The minimum atomic E-state index is 0.860. The van der Waals surface area contributed by atoms with Crippen LogP contribution < -0.4 is 5.32 Å². The molecule has 16 heavy (non-hydrogen) atoms. The van der Waals surface area contributed by atoms with Crippen LogP contribution in [0.1, 0.15) is 31.2 Å². The molecule has 1 aromatic carbocycles. The maximum absolute atomic E-state index is 5.67. The first-order valence-corrected chi connectivity index (χ1v) is 5.86. The van der Waals surface area contributed by atoms with E-state index in [0.29, 0.717) is 0 Å². The number of unbranched alkanes of at least 4 members (excludes halogenated alkanes) is 1. The van der Waals surface area contributed by atoms with Crippen molar-refractivity contribution in [1.82, 2.24) is 10.3 Å². The zero-order valence-corrected chi connectivity index (χ0v) is 9.92. The molecule has 0 aliphatic heterocycles. The van der Waals surface area contributed by atoms with Crippen LogP contribution in [0.5, 0.6) is 0 Å². The SMILES string of the molecule is CCCCc1nc2cc(CNC)ccc2o1. The van der Waals surface area contributed by atoms with Crippen molar-refractivity contribution in [2.75, 3.05) is 7.05 Å². The lowest BCUT2D eigenvalue weighted by Crippen LogP contribution is -2.04. The number of aryl methyl sites for hydroxylation is 1. The van der Waals surface area contributed by atoms with Crippen molar-refractivity contribution in [1.29, 1.82) is 0 Å². The van der Waals surface area contributed by atoms with Gasteiger partial charge < -0.3 is 9.73 Å². The van der Waals surface area contributed by atoms with Crippen LogP contribution >= 0.6 is 0 Å². The Bertz CT molecular complexity index is 462. The van der Waals surface area contributed by atoms with E-state index in [-0.39, 0.29) is 0 Å². The van der Waals surface area contributed by atoms with Gasteiger partial charge in [0.2, 0.25) is 0 Å². The van der Waals surface area contributed by atoms with Gasteiger partial charge >= 0.3 is 0 Å². The summed E-state index contributed by atoms with van der Waals surface area (Å²) in [6.07, 6.45) is 3.24. The second-order valence-electron chi connectivity index (χ2n) is 4.04. The summed E-state index contributed by atoms with van der Waals surface area (Å²) in [5.41, 5.74) is 3.11. The van der Waals surface area contributed by atoms with Gasteiger partial charge in [-0.2, -0.15) is 0 Å². The summed E-state index contributed by atoms with van der Waals surface area (Å²) < 4.78 is 5.67. The van der Waals surface area contributed by atoms with Gasteiger partial charge in [-0.05, 0) is 31.2 Å². The van der Waals surface area contributed by atoms with Crippen LogP contribution in [0.4, 0.5) is 0 Å². The Morgan fingerprint density at radius 3 is 3.00 bits per heavy atom. The van der Waals surface area contributed by atoms with Gasteiger partial charge in [0, 0.05) is 13.0 Å². The van der Waals surface area contributed by atoms with Crippen LogP contribution in [0.3, 0.4) is 0 Å². The van der Waals surface area contributed by atoms with E-state index in [2.05, 4.69) is 29.4 Å². The van der Waals surface area contributed by atoms with E-state index in [1.807, 2.05) is 13.1 Å². The summed E-state index contributed by atoms with van der Waals surface area (Å²) in [7, 11) is 1.94. The molecule has 1 N–H and O–H groups in total. The number of fused-ring (bicyclic) bond motifs is 1. The average Bonchev–Trinajstić information content (AvgIpc) is 2.68. The van der Waals surface area contributed by atoms with Crippen molar-refractivity contribution in [2.45, 2.75) is 32.7 Å². The first-order chi connectivity index (χ1) is 7.83. The third kappa shape index (κ3) is 2.42. The molecule has 0 amide bonds. The van der Waals surface area contributed by atoms with Crippen molar-refractivity contribution in [2.24, 2.45) is 0 Å². The van der Waals surface area contributed by atoms with Gasteiger partial charge in [0.05, 0.1) is 0 Å². The fourth-order valence-corrected chi connectivity index (χ4v) is 1.77. The molecule has 0 unspecified atom stereocenters. The number of aromatic nitrogens is 1. The van der Waals surface area contributed by atoms with Gasteiger partial charge in [0.15, 0.2) is 11.5 Å². The molecule has 86 valence electrons. The molecule has 2 aromatic rings. The quantitative estimate of drug-likeness (QED) is 0.838. The maximum atomic E-state index is 5.67. The summed E-state index contributed by atoms with van der Waals surface area (Å²) in [6, 6.07) is 6.17. The predicted molar refractivity (Wildman–Crippen MR) is 65.4 cm³/mol. The molecule has 1 aromatic heterocycles. The first-order valence-electron chi connectivity index (χ1n) is 5.86. The van der Waals surface area contributed by atoms with Crippen molar-refractivity contribution in [3.8, 4) is 0 Å².